The van der Waals surface area contributed by atoms with Crippen LogP contribution in [0.4, 0.5) is 24.5 Å². The van der Waals surface area contributed by atoms with E-state index in [2.05, 4.69) is 21.0 Å². The molecule has 0 aliphatic carbocycles. The number of ether oxygens (including phenoxy) is 2. The van der Waals surface area contributed by atoms with Gasteiger partial charge in [0.1, 0.15) is 0 Å². The van der Waals surface area contributed by atoms with Gasteiger partial charge >= 0.3 is 11.9 Å². The van der Waals surface area contributed by atoms with Crippen LogP contribution < -0.4 is 14.5 Å². The molecule has 0 unspecified atom stereocenters. The average Bonchev–Trinajstić information content (AvgIpc) is 3.13. The molecule has 0 saturated heterocycles. The zero-order chi connectivity index (χ0) is 26.9. The van der Waals surface area contributed by atoms with Crippen molar-refractivity contribution in [3.05, 3.63) is 92.0 Å². The van der Waals surface area contributed by atoms with Crippen molar-refractivity contribution in [3.63, 3.8) is 0 Å². The number of hydrazone groups is 1. The number of nitro groups is 1. The molecule has 12 heteroatoms. The van der Waals surface area contributed by atoms with E-state index in [9.17, 15) is 28.1 Å². The monoisotopic (exact) mass is 575 g/mol. The molecule has 8 nitrogen and oxygen atoms in total. The smallest absolute Gasteiger partial charge is 0.416 e. The van der Waals surface area contributed by atoms with Crippen molar-refractivity contribution in [3.8, 4) is 17.2 Å². The molecule has 190 valence electrons. The molecule has 1 aliphatic rings. The van der Waals surface area contributed by atoms with E-state index in [0.717, 1.165) is 6.07 Å². The summed E-state index contributed by atoms with van der Waals surface area (Å²) in [4.78, 5) is 23.5. The third-order valence-electron chi connectivity index (χ3n) is 5.32. The number of carbonyl (C=O) groups excluding carboxylic acids is 1. The molecular weight excluding hydrogens is 559 g/mol. The second-order valence-corrected chi connectivity index (χ2v) is 8.62. The summed E-state index contributed by atoms with van der Waals surface area (Å²) in [6.45, 7) is 1.69. The minimum Gasteiger partial charge on any atom is -0.493 e. The summed E-state index contributed by atoms with van der Waals surface area (Å²) in [6, 6.07) is 14.0. The lowest BCUT2D eigenvalue weighted by molar-refractivity contribution is -0.385. The van der Waals surface area contributed by atoms with Gasteiger partial charge in [-0.15, -0.1) is 0 Å². The first-order valence-electron chi connectivity index (χ1n) is 10.6. The van der Waals surface area contributed by atoms with Gasteiger partial charge in [0.15, 0.2) is 11.5 Å². The fourth-order valence-electron chi connectivity index (χ4n) is 3.55. The van der Waals surface area contributed by atoms with Gasteiger partial charge in [0.2, 0.25) is 5.75 Å². The summed E-state index contributed by atoms with van der Waals surface area (Å²) in [5, 5.41) is 17.0. The largest absolute Gasteiger partial charge is 0.493 e. The maximum Gasteiger partial charge on any atom is 0.416 e. The number of hydrogen-bond donors (Lipinski definition) is 0. The quantitative estimate of drug-likeness (QED) is 0.179. The van der Waals surface area contributed by atoms with Crippen LogP contribution in [-0.2, 0) is 11.0 Å². The summed E-state index contributed by atoms with van der Waals surface area (Å²) in [5.74, 6) is -0.619. The van der Waals surface area contributed by atoms with Gasteiger partial charge in [0.25, 0.3) is 5.91 Å². The Balaban J connectivity index is 1.68. The third-order valence-corrected chi connectivity index (χ3v) is 5.91. The highest BCUT2D eigenvalue weighted by molar-refractivity contribution is 9.10. The SMILES string of the molecule is COc1cc(C=C2C(=O)N(c3ccccc3)N=C2C)cc(Br)c1Oc1ccc(C(F)(F)F)cc1[N+](=O)[O-]. The number of anilines is 1. The third kappa shape index (κ3) is 5.33. The van der Waals surface area contributed by atoms with Crippen molar-refractivity contribution in [2.45, 2.75) is 13.1 Å². The van der Waals surface area contributed by atoms with Gasteiger partial charge in [-0.3, -0.25) is 14.9 Å². The summed E-state index contributed by atoms with van der Waals surface area (Å²) >= 11 is 3.32. The molecule has 0 saturated carbocycles. The van der Waals surface area contributed by atoms with Gasteiger partial charge < -0.3 is 9.47 Å². The molecule has 0 fully saturated rings. The van der Waals surface area contributed by atoms with Crippen LogP contribution in [0, 0.1) is 10.1 Å². The van der Waals surface area contributed by atoms with Crippen LogP contribution in [0.5, 0.6) is 17.2 Å². The second-order valence-electron chi connectivity index (χ2n) is 7.77. The van der Waals surface area contributed by atoms with Gasteiger partial charge in [-0.1, -0.05) is 18.2 Å². The van der Waals surface area contributed by atoms with Gasteiger partial charge in [0.05, 0.1) is 39.0 Å². The molecule has 3 aromatic rings. The number of nitro benzene ring substituents is 1. The Hall–Kier alpha value is -4.19. The van der Waals surface area contributed by atoms with Gasteiger partial charge in [0, 0.05) is 6.07 Å². The summed E-state index contributed by atoms with van der Waals surface area (Å²) in [7, 11) is 1.33. The second kappa shape index (κ2) is 10.1. The number of benzene rings is 3. The number of hydrogen-bond acceptors (Lipinski definition) is 6. The first-order valence-corrected chi connectivity index (χ1v) is 11.4. The van der Waals surface area contributed by atoms with E-state index < -0.39 is 28.1 Å². The van der Waals surface area contributed by atoms with Gasteiger partial charge in [-0.2, -0.15) is 23.3 Å². The molecule has 37 heavy (non-hydrogen) atoms. The Morgan fingerprint density at radius 2 is 1.78 bits per heavy atom. The summed E-state index contributed by atoms with van der Waals surface area (Å²) in [6.07, 6.45) is -3.16. The fraction of sp³-hybridized carbons (Fsp3) is 0.120. The number of amides is 1. The molecule has 0 bridgehead atoms. The Kier molecular flexibility index (Phi) is 7.03. The first-order chi connectivity index (χ1) is 17.5. The molecule has 0 atom stereocenters. The number of nitrogens with zero attached hydrogens (tertiary/aromatic N) is 3. The lowest BCUT2D eigenvalue weighted by Gasteiger charge is -2.15. The van der Waals surface area contributed by atoms with E-state index >= 15 is 0 Å². The Morgan fingerprint density at radius 3 is 2.41 bits per heavy atom. The van der Waals surface area contributed by atoms with Crippen LogP contribution in [0.15, 0.2) is 75.8 Å². The standard InChI is InChI=1S/C25H17BrF3N3O5/c1-14-18(24(33)31(30-14)17-6-4-3-5-7-17)10-15-11-19(26)23(22(12-15)36-2)37-21-9-8-16(25(27,28)29)13-20(21)32(34)35/h3-13H,1-2H3. The van der Waals surface area contributed by atoms with Crippen molar-refractivity contribution in [1.82, 2.24) is 0 Å². The normalized spacial score (nSPS) is 14.6. The minimum atomic E-state index is -4.76. The highest BCUT2D eigenvalue weighted by Crippen LogP contribution is 2.44. The molecule has 1 aliphatic heterocycles. The molecule has 1 heterocycles. The van der Waals surface area contributed by atoms with Crippen LogP contribution in [0.2, 0.25) is 0 Å². The van der Waals surface area contributed by atoms with E-state index in [4.69, 9.17) is 9.47 Å². The Morgan fingerprint density at radius 1 is 1.08 bits per heavy atom. The molecule has 4 rings (SSSR count). The van der Waals surface area contributed by atoms with Crippen molar-refractivity contribution in [1.29, 1.82) is 0 Å². The Labute approximate surface area is 216 Å². The fourth-order valence-corrected chi connectivity index (χ4v) is 4.09. The zero-order valence-corrected chi connectivity index (χ0v) is 20.8. The summed E-state index contributed by atoms with van der Waals surface area (Å²) < 4.78 is 50.4. The molecular formula is C25H17BrF3N3O5. The highest BCUT2D eigenvalue weighted by Gasteiger charge is 2.34. The van der Waals surface area contributed by atoms with Crippen LogP contribution in [0.1, 0.15) is 18.1 Å². The maximum absolute atomic E-state index is 13.0. The van der Waals surface area contributed by atoms with Crippen molar-refractivity contribution < 1.29 is 32.4 Å². The number of methoxy groups -OCH3 is 1. The molecule has 0 N–H and O–H groups in total. The van der Waals surface area contributed by atoms with Crippen LogP contribution in [0.3, 0.4) is 0 Å². The number of rotatable bonds is 6. The number of carbonyl (C=O) groups is 1. The molecule has 0 spiro atoms. The van der Waals surface area contributed by atoms with E-state index in [1.807, 2.05) is 6.07 Å². The topological polar surface area (TPSA) is 94.3 Å². The van der Waals surface area contributed by atoms with Gasteiger partial charge in [-0.25, -0.2) is 0 Å². The summed E-state index contributed by atoms with van der Waals surface area (Å²) in [5.41, 5.74) is -0.0853. The first kappa shape index (κ1) is 25.9. The number of halogens is 4. The average molecular weight is 576 g/mol. The van der Waals surface area contributed by atoms with Crippen molar-refractivity contribution in [2.24, 2.45) is 5.10 Å². The molecule has 0 radical (unpaired) electrons. The molecule has 1 amide bonds. The maximum atomic E-state index is 13.0. The van der Waals surface area contributed by atoms with Gasteiger partial charge in [-0.05, 0) is 70.9 Å². The lowest BCUT2D eigenvalue weighted by Crippen LogP contribution is -2.21. The predicted octanol–water partition coefficient (Wildman–Crippen LogP) is 6.98. The Bertz CT molecular complexity index is 1460. The van der Waals surface area contributed by atoms with Crippen molar-refractivity contribution >= 4 is 45.0 Å². The van der Waals surface area contributed by atoms with E-state index in [0.29, 0.717) is 34.7 Å². The van der Waals surface area contributed by atoms with E-state index in [-0.39, 0.29) is 21.9 Å². The van der Waals surface area contributed by atoms with Crippen LogP contribution in [-0.4, -0.2) is 23.7 Å². The lowest BCUT2D eigenvalue weighted by atomic mass is 10.1. The number of alkyl halides is 3. The molecule has 0 aromatic heterocycles. The van der Waals surface area contributed by atoms with Crippen LogP contribution in [0.25, 0.3) is 6.08 Å². The van der Waals surface area contributed by atoms with Crippen LogP contribution >= 0.6 is 15.9 Å². The predicted molar refractivity (Wildman–Crippen MR) is 134 cm³/mol. The van der Waals surface area contributed by atoms with E-state index in [1.54, 1.807) is 43.3 Å². The minimum absolute atomic E-state index is 0.00144. The molecule has 3 aromatic carbocycles. The highest BCUT2D eigenvalue weighted by atomic mass is 79.9. The number of para-hydroxylation sites is 1. The van der Waals surface area contributed by atoms with Crippen molar-refractivity contribution in [2.75, 3.05) is 12.1 Å². The zero-order valence-electron chi connectivity index (χ0n) is 19.2. The van der Waals surface area contributed by atoms with E-state index in [1.165, 1.54) is 18.2 Å².